The van der Waals surface area contributed by atoms with Crippen LogP contribution in [0.15, 0.2) is 53.7 Å². The van der Waals surface area contributed by atoms with Crippen molar-refractivity contribution in [2.45, 2.75) is 18.0 Å². The molecule has 11 heteroatoms. The van der Waals surface area contributed by atoms with Crippen LogP contribution in [0.2, 0.25) is 0 Å². The number of nitrogens with zero attached hydrogens (tertiary/aromatic N) is 4. The lowest BCUT2D eigenvalue weighted by atomic mass is 10.2. The highest BCUT2D eigenvalue weighted by Gasteiger charge is 2.30. The van der Waals surface area contributed by atoms with Gasteiger partial charge in [-0.1, -0.05) is 12.1 Å². The number of alkyl halides is 3. The van der Waals surface area contributed by atoms with Crippen LogP contribution in [-0.4, -0.2) is 29.2 Å². The molecule has 0 saturated carbocycles. The standard InChI is InChI=1S/C16H13F3N4O3S/c1-2-27(25,26)14-4-3-9-23(24)15(14)13-10-22(21-20-13)12-7-5-11(6-8-12)16(17,18)19/h3-10H,2H2,1H3. The quantitative estimate of drug-likeness (QED) is 0.497. The van der Waals surface area contributed by atoms with E-state index in [1.165, 1.54) is 37.4 Å². The van der Waals surface area contributed by atoms with Gasteiger partial charge in [-0.3, -0.25) is 0 Å². The minimum atomic E-state index is -4.46. The zero-order chi connectivity index (χ0) is 19.8. The van der Waals surface area contributed by atoms with Crippen molar-refractivity contribution in [2.24, 2.45) is 0 Å². The highest BCUT2D eigenvalue weighted by molar-refractivity contribution is 7.91. The van der Waals surface area contributed by atoms with Gasteiger partial charge >= 0.3 is 6.18 Å². The molecule has 0 aliphatic carbocycles. The molecule has 2 heterocycles. The number of rotatable bonds is 4. The van der Waals surface area contributed by atoms with Gasteiger partial charge in [-0.15, -0.1) is 5.10 Å². The van der Waals surface area contributed by atoms with Crippen molar-refractivity contribution in [1.29, 1.82) is 0 Å². The number of hydrogen-bond acceptors (Lipinski definition) is 5. The SMILES string of the molecule is CCS(=O)(=O)c1ccc[n+]([O-])c1-c1cn(-c2ccc(C(F)(F)F)cc2)nn1. The van der Waals surface area contributed by atoms with E-state index in [0.717, 1.165) is 23.0 Å². The van der Waals surface area contributed by atoms with Gasteiger partial charge in [-0.25, -0.2) is 13.1 Å². The number of halogens is 3. The molecular formula is C16H13F3N4O3S. The van der Waals surface area contributed by atoms with E-state index in [4.69, 9.17) is 0 Å². The summed E-state index contributed by atoms with van der Waals surface area (Å²) in [6.07, 6.45) is -2.06. The van der Waals surface area contributed by atoms with E-state index in [1.54, 1.807) is 0 Å². The Morgan fingerprint density at radius 3 is 2.44 bits per heavy atom. The van der Waals surface area contributed by atoms with Crippen LogP contribution < -0.4 is 4.73 Å². The molecule has 0 saturated heterocycles. The smallest absolute Gasteiger partial charge is 0.416 e. The molecule has 7 nitrogen and oxygen atoms in total. The maximum Gasteiger partial charge on any atom is 0.416 e. The third-order valence-corrected chi connectivity index (χ3v) is 5.59. The first kappa shape index (κ1) is 18.8. The van der Waals surface area contributed by atoms with E-state index in [1.807, 2.05) is 0 Å². The predicted molar refractivity (Wildman–Crippen MR) is 88.5 cm³/mol. The van der Waals surface area contributed by atoms with Crippen LogP contribution in [0.4, 0.5) is 13.2 Å². The molecule has 0 atom stereocenters. The van der Waals surface area contributed by atoms with Crippen LogP contribution in [0.5, 0.6) is 0 Å². The fraction of sp³-hybridized carbons (Fsp3) is 0.188. The van der Waals surface area contributed by atoms with E-state index in [-0.39, 0.29) is 27.7 Å². The molecule has 3 aromatic rings. The van der Waals surface area contributed by atoms with Gasteiger partial charge in [-0.05, 0) is 30.3 Å². The van der Waals surface area contributed by atoms with Crippen molar-refractivity contribution in [3.63, 3.8) is 0 Å². The molecule has 27 heavy (non-hydrogen) atoms. The third-order valence-electron chi connectivity index (χ3n) is 3.83. The van der Waals surface area contributed by atoms with E-state index in [9.17, 15) is 26.8 Å². The van der Waals surface area contributed by atoms with Crippen molar-refractivity contribution >= 4 is 9.84 Å². The molecule has 0 N–H and O–H groups in total. The molecule has 0 amide bonds. The van der Waals surface area contributed by atoms with Crippen molar-refractivity contribution in [3.05, 3.63) is 59.6 Å². The number of benzene rings is 1. The van der Waals surface area contributed by atoms with Gasteiger partial charge in [0.15, 0.2) is 21.7 Å². The van der Waals surface area contributed by atoms with Gasteiger partial charge in [-0.2, -0.15) is 17.9 Å². The molecule has 0 radical (unpaired) electrons. The Labute approximate surface area is 152 Å². The number of aromatic nitrogens is 4. The van der Waals surface area contributed by atoms with Crippen LogP contribution in [0.1, 0.15) is 12.5 Å². The highest BCUT2D eigenvalue weighted by Crippen LogP contribution is 2.30. The van der Waals surface area contributed by atoms with Crippen molar-refractivity contribution in [3.8, 4) is 17.1 Å². The van der Waals surface area contributed by atoms with Crippen LogP contribution in [0, 0.1) is 5.21 Å². The second-order valence-electron chi connectivity index (χ2n) is 5.54. The van der Waals surface area contributed by atoms with E-state index in [2.05, 4.69) is 10.3 Å². The topological polar surface area (TPSA) is 91.8 Å². The molecule has 0 spiro atoms. The van der Waals surface area contributed by atoms with Crippen molar-refractivity contribution < 1.29 is 26.3 Å². The van der Waals surface area contributed by atoms with Crippen LogP contribution in [-0.2, 0) is 16.0 Å². The van der Waals surface area contributed by atoms with Crippen LogP contribution >= 0.6 is 0 Å². The largest absolute Gasteiger partial charge is 0.618 e. The van der Waals surface area contributed by atoms with Gasteiger partial charge in [0.25, 0.3) is 5.69 Å². The lowest BCUT2D eigenvalue weighted by molar-refractivity contribution is -0.595. The zero-order valence-corrected chi connectivity index (χ0v) is 14.7. The summed E-state index contributed by atoms with van der Waals surface area (Å²) in [5, 5.41) is 19.7. The average Bonchev–Trinajstić information content (AvgIpc) is 3.10. The summed E-state index contributed by atoms with van der Waals surface area (Å²) in [5.74, 6) is -0.211. The van der Waals surface area contributed by atoms with E-state index >= 15 is 0 Å². The van der Waals surface area contributed by atoms with Crippen LogP contribution in [0.3, 0.4) is 0 Å². The monoisotopic (exact) mass is 398 g/mol. The number of hydrogen-bond donors (Lipinski definition) is 0. The predicted octanol–water partition coefficient (Wildman–Crippen LogP) is 2.38. The molecule has 0 aliphatic rings. The molecule has 142 valence electrons. The van der Waals surface area contributed by atoms with Crippen molar-refractivity contribution in [2.75, 3.05) is 5.75 Å². The fourth-order valence-corrected chi connectivity index (χ4v) is 3.50. The zero-order valence-electron chi connectivity index (χ0n) is 13.9. The summed E-state index contributed by atoms with van der Waals surface area (Å²) in [6.45, 7) is 1.44. The minimum Gasteiger partial charge on any atom is -0.618 e. The van der Waals surface area contributed by atoms with Gasteiger partial charge in [0.05, 0.1) is 23.2 Å². The summed E-state index contributed by atoms with van der Waals surface area (Å²) in [4.78, 5) is -0.193. The molecule has 3 rings (SSSR count). The Hall–Kier alpha value is -2.95. The first-order valence-electron chi connectivity index (χ1n) is 7.69. The summed E-state index contributed by atoms with van der Waals surface area (Å²) in [6, 6.07) is 6.77. The maximum absolute atomic E-state index is 12.7. The minimum absolute atomic E-state index is 0.0162. The van der Waals surface area contributed by atoms with Crippen LogP contribution in [0.25, 0.3) is 17.1 Å². The second-order valence-corrected chi connectivity index (χ2v) is 7.79. The molecule has 0 aliphatic heterocycles. The summed E-state index contributed by atoms with van der Waals surface area (Å²) < 4.78 is 64.0. The number of pyridine rings is 1. The first-order valence-corrected chi connectivity index (χ1v) is 9.34. The Bertz CT molecular complexity index is 1080. The summed E-state index contributed by atoms with van der Waals surface area (Å²) in [7, 11) is -3.70. The maximum atomic E-state index is 12.7. The summed E-state index contributed by atoms with van der Waals surface area (Å²) >= 11 is 0. The Morgan fingerprint density at radius 2 is 1.85 bits per heavy atom. The van der Waals surface area contributed by atoms with Crippen molar-refractivity contribution in [1.82, 2.24) is 15.0 Å². The normalized spacial score (nSPS) is 12.3. The Morgan fingerprint density at radius 1 is 1.19 bits per heavy atom. The highest BCUT2D eigenvalue weighted by atomic mass is 32.2. The molecule has 0 bridgehead atoms. The Kier molecular flexibility index (Phi) is 4.64. The van der Waals surface area contributed by atoms with Gasteiger partial charge in [0.2, 0.25) is 0 Å². The lowest BCUT2D eigenvalue weighted by Gasteiger charge is -2.07. The summed E-state index contributed by atoms with van der Waals surface area (Å²) in [5.41, 5.74) is -0.756. The Balaban J connectivity index is 2.05. The van der Waals surface area contributed by atoms with E-state index in [0.29, 0.717) is 4.73 Å². The molecule has 1 aromatic carbocycles. The first-order chi connectivity index (χ1) is 12.6. The van der Waals surface area contributed by atoms with Gasteiger partial charge < -0.3 is 5.21 Å². The molecule has 0 fully saturated rings. The van der Waals surface area contributed by atoms with Gasteiger partial charge in [0, 0.05) is 6.07 Å². The second kappa shape index (κ2) is 6.65. The lowest BCUT2D eigenvalue weighted by Crippen LogP contribution is -2.31. The van der Waals surface area contributed by atoms with Gasteiger partial charge in [0.1, 0.15) is 4.90 Å². The molecular weight excluding hydrogens is 385 g/mol. The third kappa shape index (κ3) is 3.63. The molecule has 2 aromatic heterocycles. The van der Waals surface area contributed by atoms with E-state index < -0.39 is 21.6 Å². The molecule has 0 unspecified atom stereocenters. The average molecular weight is 398 g/mol. The fourth-order valence-electron chi connectivity index (χ4n) is 2.42. The number of sulfone groups is 1.